The van der Waals surface area contributed by atoms with E-state index in [1.807, 2.05) is 0 Å². The summed E-state index contributed by atoms with van der Waals surface area (Å²) in [6.07, 6.45) is 0.388. The molecule has 0 bridgehead atoms. The molecule has 16 heavy (non-hydrogen) atoms. The van der Waals surface area contributed by atoms with E-state index in [1.54, 1.807) is 6.92 Å². The third-order valence-corrected chi connectivity index (χ3v) is 2.41. The maximum absolute atomic E-state index is 13.1. The first kappa shape index (κ1) is 12.2. The van der Waals surface area contributed by atoms with Crippen molar-refractivity contribution in [3.63, 3.8) is 0 Å². The van der Waals surface area contributed by atoms with E-state index in [4.69, 9.17) is 11.5 Å². The fourth-order valence-corrected chi connectivity index (χ4v) is 1.62. The molecule has 1 atom stereocenters. The van der Waals surface area contributed by atoms with Crippen LogP contribution in [0.2, 0.25) is 0 Å². The van der Waals surface area contributed by atoms with E-state index in [9.17, 15) is 14.0 Å². The lowest BCUT2D eigenvalue weighted by Gasteiger charge is -2.14. The Hall–Kier alpha value is -1.91. The molecule has 0 saturated carbocycles. The minimum absolute atomic E-state index is 0.132. The summed E-state index contributed by atoms with van der Waals surface area (Å²) in [6, 6.07) is 3.51. The quantitative estimate of drug-likeness (QED) is 0.796. The highest BCUT2D eigenvalue weighted by molar-refractivity contribution is 5.96. The van der Waals surface area contributed by atoms with Gasteiger partial charge >= 0.3 is 0 Å². The molecule has 0 aliphatic carbocycles. The summed E-state index contributed by atoms with van der Waals surface area (Å²) in [7, 11) is 0. The second kappa shape index (κ2) is 4.74. The van der Waals surface area contributed by atoms with Gasteiger partial charge in [-0.05, 0) is 30.2 Å². The van der Waals surface area contributed by atoms with Crippen molar-refractivity contribution in [3.8, 4) is 0 Å². The smallest absolute Gasteiger partial charge is 0.249 e. The van der Waals surface area contributed by atoms with Gasteiger partial charge in [-0.15, -0.1) is 0 Å². The number of nitrogens with two attached hydrogens (primary N) is 2. The van der Waals surface area contributed by atoms with Crippen LogP contribution in [0.4, 0.5) is 4.39 Å². The van der Waals surface area contributed by atoms with Crippen LogP contribution in [0.1, 0.15) is 35.2 Å². The van der Waals surface area contributed by atoms with E-state index in [0.717, 1.165) is 12.1 Å². The van der Waals surface area contributed by atoms with Gasteiger partial charge in [0, 0.05) is 5.56 Å². The SMILES string of the molecule is CC[C@H](C(N)=O)c1cc(F)ccc1C(N)=O. The number of rotatable bonds is 4. The van der Waals surface area contributed by atoms with E-state index in [2.05, 4.69) is 0 Å². The molecule has 0 spiro atoms. The molecule has 2 amide bonds. The van der Waals surface area contributed by atoms with Crippen molar-refractivity contribution >= 4 is 11.8 Å². The van der Waals surface area contributed by atoms with Crippen LogP contribution < -0.4 is 11.5 Å². The molecule has 0 unspecified atom stereocenters. The lowest BCUT2D eigenvalue weighted by molar-refractivity contribution is -0.119. The first-order chi connectivity index (χ1) is 7.47. The summed E-state index contributed by atoms with van der Waals surface area (Å²) < 4.78 is 13.1. The van der Waals surface area contributed by atoms with Crippen LogP contribution in [0.25, 0.3) is 0 Å². The zero-order chi connectivity index (χ0) is 12.3. The largest absolute Gasteiger partial charge is 0.369 e. The van der Waals surface area contributed by atoms with Crippen LogP contribution >= 0.6 is 0 Å². The van der Waals surface area contributed by atoms with E-state index in [0.29, 0.717) is 6.42 Å². The van der Waals surface area contributed by atoms with Crippen LogP contribution in [-0.4, -0.2) is 11.8 Å². The number of hydrogen-bond donors (Lipinski definition) is 2. The first-order valence-corrected chi connectivity index (χ1v) is 4.86. The average Bonchev–Trinajstić information content (AvgIpc) is 2.17. The Morgan fingerprint density at radius 3 is 2.44 bits per heavy atom. The molecule has 0 fully saturated rings. The molecule has 0 heterocycles. The van der Waals surface area contributed by atoms with Crippen molar-refractivity contribution in [2.75, 3.05) is 0 Å². The number of carbonyl (C=O) groups excluding carboxylic acids is 2. The Labute approximate surface area is 92.4 Å². The molecular formula is C11H13FN2O2. The first-order valence-electron chi connectivity index (χ1n) is 4.86. The monoisotopic (exact) mass is 224 g/mol. The lowest BCUT2D eigenvalue weighted by atomic mass is 9.91. The highest BCUT2D eigenvalue weighted by atomic mass is 19.1. The van der Waals surface area contributed by atoms with E-state index >= 15 is 0 Å². The van der Waals surface area contributed by atoms with Crippen LogP contribution in [0.15, 0.2) is 18.2 Å². The topological polar surface area (TPSA) is 86.2 Å². The second-order valence-electron chi connectivity index (χ2n) is 3.46. The van der Waals surface area contributed by atoms with Gasteiger partial charge in [0.2, 0.25) is 11.8 Å². The maximum atomic E-state index is 13.1. The van der Waals surface area contributed by atoms with Crippen molar-refractivity contribution in [2.24, 2.45) is 11.5 Å². The Morgan fingerprint density at radius 1 is 1.38 bits per heavy atom. The third-order valence-electron chi connectivity index (χ3n) is 2.41. The zero-order valence-corrected chi connectivity index (χ0v) is 8.87. The van der Waals surface area contributed by atoms with Crippen molar-refractivity contribution in [2.45, 2.75) is 19.3 Å². The molecule has 0 aliphatic heterocycles. The Morgan fingerprint density at radius 2 is 2.00 bits per heavy atom. The van der Waals surface area contributed by atoms with Crippen molar-refractivity contribution in [1.29, 1.82) is 0 Å². The Kier molecular flexibility index (Phi) is 3.60. The average molecular weight is 224 g/mol. The summed E-state index contributed by atoms with van der Waals surface area (Å²) in [5.41, 5.74) is 10.7. The number of amides is 2. The standard InChI is InChI=1S/C11H13FN2O2/c1-2-7(10(13)15)9-5-6(12)3-4-8(9)11(14)16/h3-5,7H,2H2,1H3,(H2,13,15)(H2,14,16)/t7-/m0/s1. The number of carbonyl (C=O) groups is 2. The van der Waals surface area contributed by atoms with Gasteiger partial charge in [-0.3, -0.25) is 9.59 Å². The van der Waals surface area contributed by atoms with Crippen LogP contribution in [0, 0.1) is 5.82 Å². The molecule has 1 aromatic rings. The fourth-order valence-electron chi connectivity index (χ4n) is 1.62. The minimum Gasteiger partial charge on any atom is -0.369 e. The summed E-state index contributed by atoms with van der Waals surface area (Å²) in [6.45, 7) is 1.73. The number of halogens is 1. The summed E-state index contributed by atoms with van der Waals surface area (Å²) in [5, 5.41) is 0. The molecule has 0 radical (unpaired) electrons. The van der Waals surface area contributed by atoms with Crippen molar-refractivity contribution in [3.05, 3.63) is 35.1 Å². The van der Waals surface area contributed by atoms with Gasteiger partial charge in [0.15, 0.2) is 0 Å². The molecule has 1 aromatic carbocycles. The number of primary amides is 2. The second-order valence-corrected chi connectivity index (χ2v) is 3.46. The summed E-state index contributed by atoms with van der Waals surface area (Å²) in [5.74, 6) is -2.52. The van der Waals surface area contributed by atoms with Gasteiger partial charge < -0.3 is 11.5 Å². The molecule has 4 nitrogen and oxygen atoms in total. The summed E-state index contributed by atoms with van der Waals surface area (Å²) >= 11 is 0. The zero-order valence-electron chi connectivity index (χ0n) is 8.87. The van der Waals surface area contributed by atoms with E-state index in [1.165, 1.54) is 6.07 Å². The highest BCUT2D eigenvalue weighted by Crippen LogP contribution is 2.23. The van der Waals surface area contributed by atoms with Gasteiger partial charge in [0.1, 0.15) is 5.82 Å². The molecule has 0 aromatic heterocycles. The van der Waals surface area contributed by atoms with Gasteiger partial charge in [0.25, 0.3) is 0 Å². The number of hydrogen-bond acceptors (Lipinski definition) is 2. The lowest BCUT2D eigenvalue weighted by Crippen LogP contribution is -2.24. The van der Waals surface area contributed by atoms with Crippen LogP contribution in [0.3, 0.4) is 0 Å². The van der Waals surface area contributed by atoms with E-state index < -0.39 is 23.5 Å². The van der Waals surface area contributed by atoms with Gasteiger partial charge in [-0.25, -0.2) is 4.39 Å². The van der Waals surface area contributed by atoms with Gasteiger partial charge in [0.05, 0.1) is 5.92 Å². The van der Waals surface area contributed by atoms with Crippen molar-refractivity contribution in [1.82, 2.24) is 0 Å². The van der Waals surface area contributed by atoms with Gasteiger partial charge in [-0.1, -0.05) is 6.92 Å². The molecule has 4 N–H and O–H groups in total. The molecule has 0 aliphatic rings. The van der Waals surface area contributed by atoms with Crippen LogP contribution in [-0.2, 0) is 4.79 Å². The molecule has 86 valence electrons. The van der Waals surface area contributed by atoms with E-state index in [-0.39, 0.29) is 11.1 Å². The predicted molar refractivity (Wildman–Crippen MR) is 57.1 cm³/mol. The molecule has 1 rings (SSSR count). The third kappa shape index (κ3) is 2.36. The maximum Gasteiger partial charge on any atom is 0.249 e. The molecule has 0 saturated heterocycles. The van der Waals surface area contributed by atoms with Crippen molar-refractivity contribution < 1.29 is 14.0 Å². The normalized spacial score (nSPS) is 12.1. The molecular weight excluding hydrogens is 211 g/mol. The van der Waals surface area contributed by atoms with Gasteiger partial charge in [-0.2, -0.15) is 0 Å². The minimum atomic E-state index is -0.699. The fraction of sp³-hybridized carbons (Fsp3) is 0.273. The predicted octanol–water partition coefficient (Wildman–Crippen LogP) is 0.904. The molecule has 5 heteroatoms. The number of benzene rings is 1. The summed E-state index contributed by atoms with van der Waals surface area (Å²) in [4.78, 5) is 22.3. The Balaban J connectivity index is 3.33. The van der Waals surface area contributed by atoms with Crippen LogP contribution in [0.5, 0.6) is 0 Å². The Bertz CT molecular complexity index is 432. The highest BCUT2D eigenvalue weighted by Gasteiger charge is 2.21.